The van der Waals surface area contributed by atoms with Crippen LogP contribution >= 0.6 is 0 Å². The molecule has 2 atom stereocenters. The van der Waals surface area contributed by atoms with Crippen LogP contribution in [0.4, 0.5) is 0 Å². The summed E-state index contributed by atoms with van der Waals surface area (Å²) < 4.78 is 10.4. The summed E-state index contributed by atoms with van der Waals surface area (Å²) in [6.07, 6.45) is 0.780. The van der Waals surface area contributed by atoms with Gasteiger partial charge in [0.05, 0.1) is 13.2 Å². The molecule has 0 bridgehead atoms. The van der Waals surface area contributed by atoms with E-state index in [0.717, 1.165) is 5.56 Å². The van der Waals surface area contributed by atoms with Crippen LogP contribution in [-0.4, -0.2) is 30.3 Å². The van der Waals surface area contributed by atoms with Crippen LogP contribution in [0, 0.1) is 11.3 Å². The maximum absolute atomic E-state index is 12.3. The maximum Gasteiger partial charge on any atom is 0.321 e. The number of hydrogen-bond acceptors (Lipinski definition) is 4. The van der Waals surface area contributed by atoms with Gasteiger partial charge in [0.1, 0.15) is 5.75 Å². The van der Waals surface area contributed by atoms with Gasteiger partial charge in [-0.1, -0.05) is 32.9 Å². The molecule has 2 unspecified atom stereocenters. The van der Waals surface area contributed by atoms with Crippen molar-refractivity contribution in [1.29, 1.82) is 0 Å². The molecule has 5 heteroatoms. The molecule has 0 aromatic heterocycles. The third kappa shape index (κ3) is 5.27. The lowest BCUT2D eigenvalue weighted by Gasteiger charge is -2.31. The van der Waals surface area contributed by atoms with Crippen molar-refractivity contribution in [2.45, 2.75) is 46.6 Å². The predicted octanol–water partition coefficient (Wildman–Crippen LogP) is 3.31. The summed E-state index contributed by atoms with van der Waals surface area (Å²) in [6.45, 7) is 7.17. The Kier molecular flexibility index (Phi) is 6.61. The fraction of sp³-hybridized carbons (Fsp3) is 0.556. The standard InChI is InChI=1S/C18H26O5/c1-6-12(2)23-17(21)15(16(19)20)18(3,4)11-13-8-7-9-14(10-13)22-5/h7-10,12,15H,6,11H2,1-5H3,(H,19,20). The second-order valence-corrected chi connectivity index (χ2v) is 6.44. The summed E-state index contributed by atoms with van der Waals surface area (Å²) in [5.41, 5.74) is 0.125. The highest BCUT2D eigenvalue weighted by molar-refractivity contribution is 5.95. The zero-order chi connectivity index (χ0) is 17.6. The van der Waals surface area contributed by atoms with Crippen molar-refractivity contribution in [3.63, 3.8) is 0 Å². The molecule has 0 saturated carbocycles. The second kappa shape index (κ2) is 7.99. The molecule has 0 aliphatic rings. The largest absolute Gasteiger partial charge is 0.497 e. The molecule has 128 valence electrons. The van der Waals surface area contributed by atoms with Crippen LogP contribution in [0.3, 0.4) is 0 Å². The molecule has 0 heterocycles. The molecule has 0 saturated heterocycles. The number of methoxy groups -OCH3 is 1. The lowest BCUT2D eigenvalue weighted by molar-refractivity contribution is -0.167. The van der Waals surface area contributed by atoms with E-state index >= 15 is 0 Å². The van der Waals surface area contributed by atoms with Crippen LogP contribution in [0.2, 0.25) is 0 Å². The van der Waals surface area contributed by atoms with E-state index in [2.05, 4.69) is 0 Å². The summed E-state index contributed by atoms with van der Waals surface area (Å²) in [5, 5.41) is 9.52. The highest BCUT2D eigenvalue weighted by atomic mass is 16.5. The van der Waals surface area contributed by atoms with Crippen molar-refractivity contribution >= 4 is 11.9 Å². The smallest absolute Gasteiger partial charge is 0.321 e. The van der Waals surface area contributed by atoms with Crippen molar-refractivity contribution < 1.29 is 24.2 Å². The minimum absolute atomic E-state index is 0.294. The molecular weight excluding hydrogens is 296 g/mol. The van der Waals surface area contributed by atoms with Gasteiger partial charge in [-0.15, -0.1) is 0 Å². The van der Waals surface area contributed by atoms with Gasteiger partial charge in [-0.05, 0) is 42.9 Å². The molecule has 0 amide bonds. The first-order valence-corrected chi connectivity index (χ1v) is 7.77. The fourth-order valence-corrected chi connectivity index (χ4v) is 2.51. The number of carboxylic acids is 1. The highest BCUT2D eigenvalue weighted by Gasteiger charge is 2.42. The van der Waals surface area contributed by atoms with Crippen LogP contribution < -0.4 is 4.74 Å². The van der Waals surface area contributed by atoms with E-state index in [1.54, 1.807) is 27.9 Å². The van der Waals surface area contributed by atoms with Crippen molar-refractivity contribution in [3.05, 3.63) is 29.8 Å². The predicted molar refractivity (Wildman–Crippen MR) is 87.4 cm³/mol. The Balaban J connectivity index is 2.99. The number of benzene rings is 1. The summed E-state index contributed by atoms with van der Waals surface area (Å²) >= 11 is 0. The first-order chi connectivity index (χ1) is 10.7. The van der Waals surface area contributed by atoms with Gasteiger partial charge < -0.3 is 14.6 Å². The summed E-state index contributed by atoms with van der Waals surface area (Å²) in [4.78, 5) is 23.9. The Morgan fingerprint density at radius 2 is 1.96 bits per heavy atom. The molecule has 0 aliphatic heterocycles. The minimum atomic E-state index is -1.22. The number of carboxylic acid groups (broad SMARTS) is 1. The normalized spacial score (nSPS) is 14.0. The Labute approximate surface area is 137 Å². The lowest BCUT2D eigenvalue weighted by Crippen LogP contribution is -2.40. The van der Waals surface area contributed by atoms with E-state index in [1.807, 2.05) is 31.2 Å². The van der Waals surface area contributed by atoms with Crippen LogP contribution in [0.5, 0.6) is 5.75 Å². The molecule has 0 fully saturated rings. The van der Waals surface area contributed by atoms with Crippen molar-refractivity contribution in [1.82, 2.24) is 0 Å². The number of ether oxygens (including phenoxy) is 2. The third-order valence-electron chi connectivity index (χ3n) is 3.95. The van der Waals surface area contributed by atoms with E-state index in [-0.39, 0.29) is 6.10 Å². The molecule has 1 N–H and O–H groups in total. The van der Waals surface area contributed by atoms with Crippen molar-refractivity contribution in [2.24, 2.45) is 11.3 Å². The molecule has 5 nitrogen and oxygen atoms in total. The van der Waals surface area contributed by atoms with Gasteiger partial charge >= 0.3 is 11.9 Å². The maximum atomic E-state index is 12.3. The summed E-state index contributed by atoms with van der Waals surface area (Å²) in [6, 6.07) is 7.41. The first-order valence-electron chi connectivity index (χ1n) is 7.77. The third-order valence-corrected chi connectivity index (χ3v) is 3.95. The Morgan fingerprint density at radius 1 is 1.30 bits per heavy atom. The molecule has 0 aliphatic carbocycles. The van der Waals surface area contributed by atoms with Gasteiger partial charge in [0.15, 0.2) is 5.92 Å². The van der Waals surface area contributed by atoms with Crippen LogP contribution in [0.15, 0.2) is 24.3 Å². The quantitative estimate of drug-likeness (QED) is 0.587. The molecule has 1 aromatic carbocycles. The molecule has 0 radical (unpaired) electrons. The van der Waals surface area contributed by atoms with Crippen molar-refractivity contribution in [2.75, 3.05) is 7.11 Å². The van der Waals surface area contributed by atoms with E-state index < -0.39 is 23.3 Å². The number of carbonyl (C=O) groups excluding carboxylic acids is 1. The average Bonchev–Trinajstić information content (AvgIpc) is 2.45. The summed E-state index contributed by atoms with van der Waals surface area (Å²) in [5.74, 6) is -2.36. The summed E-state index contributed by atoms with van der Waals surface area (Å²) in [7, 11) is 1.58. The topological polar surface area (TPSA) is 72.8 Å². The molecule has 23 heavy (non-hydrogen) atoms. The number of esters is 1. The Bertz CT molecular complexity index is 550. The minimum Gasteiger partial charge on any atom is -0.497 e. The van der Waals surface area contributed by atoms with Crippen LogP contribution in [0.1, 0.15) is 39.7 Å². The van der Waals surface area contributed by atoms with Gasteiger partial charge in [-0.2, -0.15) is 0 Å². The fourth-order valence-electron chi connectivity index (χ4n) is 2.51. The number of carbonyl (C=O) groups is 2. The van der Waals surface area contributed by atoms with E-state index in [1.165, 1.54) is 0 Å². The van der Waals surface area contributed by atoms with Gasteiger partial charge in [0, 0.05) is 0 Å². The monoisotopic (exact) mass is 322 g/mol. The van der Waals surface area contributed by atoms with Crippen molar-refractivity contribution in [3.8, 4) is 5.75 Å². The Hall–Kier alpha value is -2.04. The number of aliphatic carboxylic acids is 1. The van der Waals surface area contributed by atoms with Crippen LogP contribution in [0.25, 0.3) is 0 Å². The first kappa shape index (κ1) is 19.0. The van der Waals surface area contributed by atoms with Gasteiger partial charge in [-0.3, -0.25) is 9.59 Å². The average molecular weight is 322 g/mol. The number of rotatable bonds is 8. The lowest BCUT2D eigenvalue weighted by atomic mass is 9.74. The highest BCUT2D eigenvalue weighted by Crippen LogP contribution is 2.33. The zero-order valence-electron chi connectivity index (χ0n) is 14.5. The number of hydrogen-bond donors (Lipinski definition) is 1. The van der Waals surface area contributed by atoms with Gasteiger partial charge in [0.25, 0.3) is 0 Å². The second-order valence-electron chi connectivity index (χ2n) is 6.44. The molecular formula is C18H26O5. The van der Waals surface area contributed by atoms with Gasteiger partial charge in [-0.25, -0.2) is 0 Å². The molecule has 1 aromatic rings. The Morgan fingerprint density at radius 3 is 2.48 bits per heavy atom. The van der Waals surface area contributed by atoms with Gasteiger partial charge in [0.2, 0.25) is 0 Å². The molecule has 1 rings (SSSR count). The zero-order valence-corrected chi connectivity index (χ0v) is 14.5. The van der Waals surface area contributed by atoms with E-state index in [0.29, 0.717) is 18.6 Å². The van der Waals surface area contributed by atoms with E-state index in [4.69, 9.17) is 9.47 Å². The SMILES string of the molecule is CCC(C)OC(=O)C(C(=O)O)C(C)(C)Cc1cccc(OC)c1. The molecule has 0 spiro atoms. The van der Waals surface area contributed by atoms with E-state index in [9.17, 15) is 14.7 Å². The van der Waals surface area contributed by atoms with Crippen LogP contribution in [-0.2, 0) is 20.7 Å².